The lowest BCUT2D eigenvalue weighted by Gasteiger charge is -2.12. The van der Waals surface area contributed by atoms with E-state index in [0.717, 1.165) is 24.5 Å². The van der Waals surface area contributed by atoms with Gasteiger partial charge in [-0.3, -0.25) is 9.98 Å². The first-order chi connectivity index (χ1) is 6.95. The topological polar surface area (TPSA) is 31.2 Å². The molecule has 15 heavy (non-hydrogen) atoms. The van der Waals surface area contributed by atoms with Crippen molar-refractivity contribution < 1.29 is 0 Å². The van der Waals surface area contributed by atoms with Crippen molar-refractivity contribution in [3.63, 3.8) is 0 Å². The maximum absolute atomic E-state index is 4.51. The Hall–Kier alpha value is -1.00. The van der Waals surface area contributed by atoms with E-state index in [1.807, 2.05) is 35.1 Å². The van der Waals surface area contributed by atoms with Crippen LogP contribution in [-0.4, -0.2) is 63.5 Å². The molecule has 0 aromatic carbocycles. The van der Waals surface area contributed by atoms with Crippen LogP contribution >= 0.6 is 0 Å². The Balaban J connectivity index is 4.51. The smallest absolute Gasteiger partial charge is 0.0725 e. The van der Waals surface area contributed by atoms with Gasteiger partial charge in [0.1, 0.15) is 0 Å². The summed E-state index contributed by atoms with van der Waals surface area (Å²) >= 11 is 0. The van der Waals surface area contributed by atoms with Crippen molar-refractivity contribution in [2.24, 2.45) is 9.98 Å². The third-order valence-corrected chi connectivity index (χ3v) is 1.60. The third kappa shape index (κ3) is 8.03. The fraction of sp³-hybridized carbons (Fsp3) is 0.636. The van der Waals surface area contributed by atoms with Crippen molar-refractivity contribution >= 4 is 12.4 Å². The first kappa shape index (κ1) is 14.0. The Morgan fingerprint density at radius 1 is 1.13 bits per heavy atom. The summed E-state index contributed by atoms with van der Waals surface area (Å²) < 4.78 is 0. The van der Waals surface area contributed by atoms with Gasteiger partial charge in [0.05, 0.1) is 5.70 Å². The van der Waals surface area contributed by atoms with Crippen LogP contribution in [0.3, 0.4) is 0 Å². The Bertz CT molecular complexity index is 251. The highest BCUT2D eigenvalue weighted by atomic mass is 15.1. The molecule has 0 bridgehead atoms. The van der Waals surface area contributed by atoms with E-state index in [1.165, 1.54) is 0 Å². The molecule has 0 fully saturated rings. The summed E-state index contributed by atoms with van der Waals surface area (Å²) in [5, 5.41) is 0. The zero-order chi connectivity index (χ0) is 11.8. The molecular weight excluding hydrogens is 188 g/mol. The monoisotopic (exact) mass is 210 g/mol. The molecule has 0 rings (SSSR count). The molecule has 0 unspecified atom stereocenters. The second-order valence-corrected chi connectivity index (χ2v) is 4.13. The van der Waals surface area contributed by atoms with E-state index < -0.39 is 0 Å². The zero-order valence-corrected chi connectivity index (χ0v) is 10.5. The molecule has 0 saturated carbocycles. The van der Waals surface area contributed by atoms with Crippen LogP contribution in [0.5, 0.6) is 0 Å². The molecule has 0 aliphatic rings. The second-order valence-electron chi connectivity index (χ2n) is 4.13. The molecule has 0 aliphatic carbocycles. The van der Waals surface area contributed by atoms with Gasteiger partial charge in [-0.05, 0) is 41.8 Å². The summed E-state index contributed by atoms with van der Waals surface area (Å²) in [6.45, 7) is 7.12. The number of rotatable bonds is 6. The highest BCUT2D eigenvalue weighted by Crippen LogP contribution is 2.00. The molecule has 0 aromatic heterocycles. The molecule has 4 heteroatoms. The summed E-state index contributed by atoms with van der Waals surface area (Å²) in [7, 11) is 8.07. The van der Waals surface area contributed by atoms with Crippen LogP contribution in [0.25, 0.3) is 0 Å². The Kier molecular flexibility index (Phi) is 6.83. The Morgan fingerprint density at radius 3 is 2.07 bits per heavy atom. The van der Waals surface area contributed by atoms with E-state index in [9.17, 15) is 0 Å². The summed E-state index contributed by atoms with van der Waals surface area (Å²) in [5.74, 6) is 0. The molecule has 0 N–H and O–H groups in total. The van der Waals surface area contributed by atoms with Crippen LogP contribution in [-0.2, 0) is 0 Å². The van der Waals surface area contributed by atoms with E-state index in [1.54, 1.807) is 6.20 Å². The first-order valence-electron chi connectivity index (χ1n) is 4.94. The predicted molar refractivity (Wildman–Crippen MR) is 67.8 cm³/mol. The quantitative estimate of drug-likeness (QED) is 0.615. The van der Waals surface area contributed by atoms with Crippen molar-refractivity contribution in [3.05, 3.63) is 11.9 Å². The van der Waals surface area contributed by atoms with E-state index in [0.29, 0.717) is 0 Å². The minimum Gasteiger partial charge on any atom is -0.304 e. The maximum atomic E-state index is 4.51. The second kappa shape index (κ2) is 7.31. The molecule has 0 spiro atoms. The van der Waals surface area contributed by atoms with Crippen molar-refractivity contribution in [1.82, 2.24) is 9.80 Å². The van der Waals surface area contributed by atoms with Gasteiger partial charge in [-0.25, -0.2) is 0 Å². The summed E-state index contributed by atoms with van der Waals surface area (Å²) in [5.41, 5.74) is 2.02. The van der Waals surface area contributed by atoms with Crippen molar-refractivity contribution in [1.29, 1.82) is 0 Å². The molecule has 0 aliphatic heterocycles. The van der Waals surface area contributed by atoms with Crippen LogP contribution in [0.15, 0.2) is 21.9 Å². The third-order valence-electron chi connectivity index (χ3n) is 1.60. The van der Waals surface area contributed by atoms with Crippen molar-refractivity contribution in [2.75, 3.05) is 41.3 Å². The van der Waals surface area contributed by atoms with Crippen molar-refractivity contribution in [2.45, 2.75) is 6.92 Å². The van der Waals surface area contributed by atoms with Crippen LogP contribution in [0.4, 0.5) is 0 Å². The molecule has 0 saturated heterocycles. The molecule has 0 amide bonds. The molecule has 0 radical (unpaired) electrons. The number of nitrogens with zero attached hydrogens (tertiary/aromatic N) is 4. The Morgan fingerprint density at radius 2 is 1.67 bits per heavy atom. The van der Waals surface area contributed by atoms with E-state index in [2.05, 4.69) is 26.5 Å². The Labute approximate surface area is 93.0 Å². The summed E-state index contributed by atoms with van der Waals surface area (Å²) in [4.78, 5) is 12.4. The normalized spacial score (nSPS) is 13.8. The van der Waals surface area contributed by atoms with Crippen LogP contribution in [0.2, 0.25) is 0 Å². The minimum absolute atomic E-state index is 0.782. The average molecular weight is 210 g/mol. The van der Waals surface area contributed by atoms with E-state index in [4.69, 9.17) is 0 Å². The fourth-order valence-electron chi connectivity index (χ4n) is 1.27. The van der Waals surface area contributed by atoms with Crippen molar-refractivity contribution in [3.8, 4) is 0 Å². The first-order valence-corrected chi connectivity index (χ1v) is 4.94. The number of likely N-dealkylation sites (N-methyl/N-ethyl adjacent to an activating group) is 1. The van der Waals surface area contributed by atoms with Gasteiger partial charge in [-0.2, -0.15) is 0 Å². The van der Waals surface area contributed by atoms with Crippen LogP contribution < -0.4 is 0 Å². The molecule has 0 heterocycles. The lowest BCUT2D eigenvalue weighted by Crippen LogP contribution is -2.21. The van der Waals surface area contributed by atoms with Gasteiger partial charge in [0.25, 0.3) is 0 Å². The minimum atomic E-state index is 0.782. The van der Waals surface area contributed by atoms with Gasteiger partial charge in [-0.15, -0.1) is 0 Å². The molecule has 0 aromatic rings. The fourth-order valence-corrected chi connectivity index (χ4v) is 1.27. The maximum Gasteiger partial charge on any atom is 0.0725 e. The standard InChI is InChI=1S/C11H22N4/c1-10(8-14(3)4)13-11(7-12-2)9-15(5)6/h7H,2,8-9H2,1,3-6H3/b11-7-,13-10?. The van der Waals surface area contributed by atoms with Crippen LogP contribution in [0.1, 0.15) is 6.92 Å². The largest absolute Gasteiger partial charge is 0.304 e. The van der Waals surface area contributed by atoms with Gasteiger partial charge in [0.2, 0.25) is 0 Å². The summed E-state index contributed by atoms with van der Waals surface area (Å²) in [6.07, 6.45) is 1.71. The molecule has 86 valence electrons. The summed E-state index contributed by atoms with van der Waals surface area (Å²) in [6, 6.07) is 0. The molecule has 4 nitrogen and oxygen atoms in total. The highest BCUT2D eigenvalue weighted by molar-refractivity contribution is 5.84. The molecule has 0 atom stereocenters. The zero-order valence-electron chi connectivity index (χ0n) is 10.5. The highest BCUT2D eigenvalue weighted by Gasteiger charge is 1.99. The number of hydrogen-bond donors (Lipinski definition) is 0. The SMILES string of the molecule is C=N/C=C(/CN(C)C)N=C(C)CN(C)C. The lowest BCUT2D eigenvalue weighted by molar-refractivity contribution is 0.442. The lowest BCUT2D eigenvalue weighted by atomic mass is 10.3. The van der Waals surface area contributed by atoms with Gasteiger partial charge in [0.15, 0.2) is 0 Å². The van der Waals surface area contributed by atoms with Gasteiger partial charge >= 0.3 is 0 Å². The number of aliphatic imine (C=N–C) groups is 2. The van der Waals surface area contributed by atoms with E-state index >= 15 is 0 Å². The number of hydrogen-bond acceptors (Lipinski definition) is 4. The van der Waals surface area contributed by atoms with Gasteiger partial charge in [-0.1, -0.05) is 0 Å². The van der Waals surface area contributed by atoms with Gasteiger partial charge < -0.3 is 9.80 Å². The predicted octanol–water partition coefficient (Wildman–Crippen LogP) is 1.11. The van der Waals surface area contributed by atoms with E-state index in [-0.39, 0.29) is 0 Å². The molecular formula is C11H22N4. The van der Waals surface area contributed by atoms with Gasteiger partial charge in [0, 0.05) is 25.0 Å². The average Bonchev–Trinajstić information content (AvgIpc) is 2.00. The van der Waals surface area contributed by atoms with Crippen LogP contribution in [0, 0.1) is 0 Å².